The van der Waals surface area contributed by atoms with Gasteiger partial charge in [-0.05, 0) is 38.6 Å². The molecule has 3 aliphatic heterocycles. The predicted octanol–water partition coefficient (Wildman–Crippen LogP) is 1.24. The molecule has 1 N–H and O–H groups in total. The SMILES string of the molecule is C[C@H]1[C@@H]2CCOCC2NCC2CCCCN21. The molecule has 0 bridgehead atoms. The summed E-state index contributed by atoms with van der Waals surface area (Å²) in [5, 5.41) is 3.75. The first-order valence-electron chi connectivity index (χ1n) is 6.93. The number of nitrogens with one attached hydrogen (secondary N) is 1. The van der Waals surface area contributed by atoms with Crippen LogP contribution in [0.4, 0.5) is 0 Å². The lowest BCUT2D eigenvalue weighted by Gasteiger charge is -2.42. The Bertz CT molecular complexity index is 222. The molecule has 16 heavy (non-hydrogen) atoms. The van der Waals surface area contributed by atoms with E-state index in [2.05, 4.69) is 17.1 Å². The minimum absolute atomic E-state index is 0.606. The molecule has 3 heterocycles. The molecular weight excluding hydrogens is 200 g/mol. The van der Waals surface area contributed by atoms with Gasteiger partial charge in [-0.1, -0.05) is 6.42 Å². The van der Waals surface area contributed by atoms with Gasteiger partial charge < -0.3 is 10.1 Å². The average Bonchev–Trinajstić information content (AvgIpc) is 2.49. The van der Waals surface area contributed by atoms with E-state index in [0.717, 1.165) is 31.2 Å². The number of nitrogens with zero attached hydrogens (tertiary/aromatic N) is 1. The first-order chi connectivity index (χ1) is 7.86. The third kappa shape index (κ3) is 1.89. The molecule has 0 amide bonds. The van der Waals surface area contributed by atoms with E-state index >= 15 is 0 Å². The van der Waals surface area contributed by atoms with Gasteiger partial charge >= 0.3 is 0 Å². The third-order valence-corrected chi connectivity index (χ3v) is 4.84. The van der Waals surface area contributed by atoms with Crippen molar-refractivity contribution in [2.45, 2.75) is 50.7 Å². The van der Waals surface area contributed by atoms with Crippen molar-refractivity contribution in [2.24, 2.45) is 5.92 Å². The molecule has 0 aromatic rings. The Kier molecular flexibility index (Phi) is 3.18. The standard InChI is InChI=1S/C13H24N2O/c1-10-12-5-7-16-9-13(12)14-8-11-4-2-3-6-15(10)11/h10-14H,2-9H2,1H3/t10-,11?,12-,13?/m0/s1. The maximum absolute atomic E-state index is 5.62. The summed E-state index contributed by atoms with van der Waals surface area (Å²) in [7, 11) is 0. The van der Waals surface area contributed by atoms with Gasteiger partial charge in [-0.2, -0.15) is 0 Å². The summed E-state index contributed by atoms with van der Waals surface area (Å²) >= 11 is 0. The van der Waals surface area contributed by atoms with Gasteiger partial charge in [-0.25, -0.2) is 0 Å². The Balaban J connectivity index is 1.78. The lowest BCUT2D eigenvalue weighted by molar-refractivity contribution is 0.00798. The van der Waals surface area contributed by atoms with Crippen molar-refractivity contribution < 1.29 is 4.74 Å². The van der Waals surface area contributed by atoms with Crippen LogP contribution in [0.1, 0.15) is 32.6 Å². The van der Waals surface area contributed by atoms with Crippen LogP contribution in [0.2, 0.25) is 0 Å². The number of hydrogen-bond acceptors (Lipinski definition) is 3. The molecule has 3 heteroatoms. The second kappa shape index (κ2) is 4.63. The summed E-state index contributed by atoms with van der Waals surface area (Å²) in [5.41, 5.74) is 0. The van der Waals surface area contributed by atoms with Crippen LogP contribution in [0.3, 0.4) is 0 Å². The van der Waals surface area contributed by atoms with Gasteiger partial charge in [0.05, 0.1) is 6.61 Å². The molecule has 3 aliphatic rings. The first kappa shape index (κ1) is 11.0. The zero-order valence-corrected chi connectivity index (χ0v) is 10.3. The van der Waals surface area contributed by atoms with Crippen LogP contribution in [-0.2, 0) is 4.74 Å². The maximum Gasteiger partial charge on any atom is 0.0622 e. The Labute approximate surface area is 98.5 Å². The number of piperidine rings is 1. The average molecular weight is 224 g/mol. The van der Waals surface area contributed by atoms with Gasteiger partial charge in [0.1, 0.15) is 0 Å². The molecule has 3 fully saturated rings. The third-order valence-electron chi connectivity index (χ3n) is 4.84. The van der Waals surface area contributed by atoms with Crippen molar-refractivity contribution >= 4 is 0 Å². The van der Waals surface area contributed by atoms with Crippen LogP contribution >= 0.6 is 0 Å². The summed E-state index contributed by atoms with van der Waals surface area (Å²) in [4.78, 5) is 2.77. The monoisotopic (exact) mass is 224 g/mol. The van der Waals surface area contributed by atoms with Crippen LogP contribution in [0.15, 0.2) is 0 Å². The Morgan fingerprint density at radius 2 is 2.19 bits per heavy atom. The fourth-order valence-electron chi connectivity index (χ4n) is 3.85. The van der Waals surface area contributed by atoms with E-state index in [1.807, 2.05) is 0 Å². The maximum atomic E-state index is 5.62. The highest BCUT2D eigenvalue weighted by Gasteiger charge is 2.39. The molecule has 0 radical (unpaired) electrons. The first-order valence-corrected chi connectivity index (χ1v) is 6.93. The topological polar surface area (TPSA) is 24.5 Å². The van der Waals surface area contributed by atoms with E-state index in [-0.39, 0.29) is 0 Å². The van der Waals surface area contributed by atoms with E-state index in [1.165, 1.54) is 38.8 Å². The van der Waals surface area contributed by atoms with Crippen LogP contribution in [0.25, 0.3) is 0 Å². The van der Waals surface area contributed by atoms with Gasteiger partial charge in [-0.3, -0.25) is 4.90 Å². The van der Waals surface area contributed by atoms with Gasteiger partial charge in [0, 0.05) is 31.3 Å². The molecule has 0 spiro atoms. The lowest BCUT2D eigenvalue weighted by Crippen LogP contribution is -2.50. The smallest absolute Gasteiger partial charge is 0.0622 e. The van der Waals surface area contributed by atoms with Crippen molar-refractivity contribution in [3.8, 4) is 0 Å². The summed E-state index contributed by atoms with van der Waals surface area (Å²) in [5.74, 6) is 0.803. The zero-order valence-electron chi connectivity index (χ0n) is 10.3. The summed E-state index contributed by atoms with van der Waals surface area (Å²) in [6.45, 7) is 6.82. The largest absolute Gasteiger partial charge is 0.380 e. The van der Waals surface area contributed by atoms with E-state index < -0.39 is 0 Å². The van der Waals surface area contributed by atoms with Crippen molar-refractivity contribution in [1.29, 1.82) is 0 Å². The predicted molar refractivity (Wildman–Crippen MR) is 64.5 cm³/mol. The number of fused-ring (bicyclic) bond motifs is 2. The Morgan fingerprint density at radius 3 is 3.12 bits per heavy atom. The van der Waals surface area contributed by atoms with Gasteiger partial charge in [0.15, 0.2) is 0 Å². The van der Waals surface area contributed by atoms with Crippen molar-refractivity contribution in [3.63, 3.8) is 0 Å². The molecular formula is C13H24N2O. The Hall–Kier alpha value is -0.120. The molecule has 92 valence electrons. The van der Waals surface area contributed by atoms with Crippen LogP contribution < -0.4 is 5.32 Å². The van der Waals surface area contributed by atoms with Crippen LogP contribution in [0.5, 0.6) is 0 Å². The lowest BCUT2D eigenvalue weighted by atomic mass is 9.87. The summed E-state index contributed by atoms with van der Waals surface area (Å²) < 4.78 is 5.62. The zero-order chi connectivity index (χ0) is 11.0. The van der Waals surface area contributed by atoms with Gasteiger partial charge in [0.25, 0.3) is 0 Å². The summed E-state index contributed by atoms with van der Waals surface area (Å²) in [6.07, 6.45) is 5.44. The quantitative estimate of drug-likeness (QED) is 0.670. The van der Waals surface area contributed by atoms with Gasteiger partial charge in [0.2, 0.25) is 0 Å². The highest BCUT2D eigenvalue weighted by Crippen LogP contribution is 2.30. The molecule has 3 nitrogen and oxygen atoms in total. The van der Waals surface area contributed by atoms with E-state index in [1.54, 1.807) is 0 Å². The molecule has 0 aromatic carbocycles. The summed E-state index contributed by atoms with van der Waals surface area (Å²) in [6, 6.07) is 2.14. The van der Waals surface area contributed by atoms with Gasteiger partial charge in [-0.15, -0.1) is 0 Å². The number of rotatable bonds is 0. The molecule has 3 saturated heterocycles. The minimum Gasteiger partial charge on any atom is -0.380 e. The van der Waals surface area contributed by atoms with E-state index in [4.69, 9.17) is 4.74 Å². The minimum atomic E-state index is 0.606. The highest BCUT2D eigenvalue weighted by atomic mass is 16.5. The normalized spacial score (nSPS) is 45.6. The second-order valence-electron chi connectivity index (χ2n) is 5.67. The van der Waals surface area contributed by atoms with E-state index in [0.29, 0.717) is 6.04 Å². The number of hydrogen-bond donors (Lipinski definition) is 1. The fraction of sp³-hybridized carbons (Fsp3) is 1.00. The van der Waals surface area contributed by atoms with E-state index in [9.17, 15) is 0 Å². The Morgan fingerprint density at radius 1 is 1.25 bits per heavy atom. The molecule has 0 saturated carbocycles. The van der Waals surface area contributed by atoms with Crippen molar-refractivity contribution in [1.82, 2.24) is 10.2 Å². The highest BCUT2D eigenvalue weighted by molar-refractivity contribution is 4.95. The van der Waals surface area contributed by atoms with Crippen LogP contribution in [0, 0.1) is 5.92 Å². The molecule has 4 atom stereocenters. The fourth-order valence-corrected chi connectivity index (χ4v) is 3.85. The second-order valence-corrected chi connectivity index (χ2v) is 5.67. The molecule has 0 aromatic heterocycles. The van der Waals surface area contributed by atoms with Crippen molar-refractivity contribution in [3.05, 3.63) is 0 Å². The van der Waals surface area contributed by atoms with Crippen molar-refractivity contribution in [2.75, 3.05) is 26.3 Å². The molecule has 2 unspecified atom stereocenters. The van der Waals surface area contributed by atoms with Crippen LogP contribution in [-0.4, -0.2) is 49.3 Å². The molecule has 3 rings (SSSR count). The molecule has 0 aliphatic carbocycles. The number of ether oxygens (including phenoxy) is 1.